The zero-order chi connectivity index (χ0) is 19.9. The number of thiocarbonyl (C=S) groups is 1. The van der Waals surface area contributed by atoms with E-state index in [1.165, 1.54) is 5.56 Å². The number of ether oxygens (including phenoxy) is 1. The van der Waals surface area contributed by atoms with E-state index < -0.39 is 12.0 Å². The molecule has 1 aromatic rings. The number of hydrogen-bond acceptors (Lipinski definition) is 5. The molecule has 150 valence electrons. The highest BCUT2D eigenvalue weighted by Crippen LogP contribution is 2.28. The van der Waals surface area contributed by atoms with Gasteiger partial charge in [-0.3, -0.25) is 14.4 Å². The molecule has 1 atom stereocenters. The summed E-state index contributed by atoms with van der Waals surface area (Å²) in [6, 6.07) is 9.21. The maximum atomic E-state index is 12.3. The number of rotatable bonds is 7. The lowest BCUT2D eigenvalue weighted by atomic mass is 10.1. The van der Waals surface area contributed by atoms with E-state index in [1.54, 1.807) is 4.90 Å². The van der Waals surface area contributed by atoms with Gasteiger partial charge in [-0.2, -0.15) is 0 Å². The van der Waals surface area contributed by atoms with Crippen molar-refractivity contribution < 1.29 is 19.1 Å². The quantitative estimate of drug-likeness (QED) is 0.404. The van der Waals surface area contributed by atoms with Crippen molar-refractivity contribution in [3.63, 3.8) is 0 Å². The molecule has 0 aromatic heterocycles. The van der Waals surface area contributed by atoms with Crippen LogP contribution in [0.1, 0.15) is 31.2 Å². The fourth-order valence-corrected chi connectivity index (χ4v) is 3.43. The minimum absolute atomic E-state index is 0.0181. The van der Waals surface area contributed by atoms with Gasteiger partial charge in [0.25, 0.3) is 0 Å². The Labute approximate surface area is 169 Å². The van der Waals surface area contributed by atoms with Gasteiger partial charge in [-0.15, -0.1) is 0 Å². The Morgan fingerprint density at radius 2 is 2.00 bits per heavy atom. The second-order valence-electron chi connectivity index (χ2n) is 7.08. The van der Waals surface area contributed by atoms with Crippen LogP contribution >= 0.6 is 12.2 Å². The van der Waals surface area contributed by atoms with Gasteiger partial charge < -0.3 is 20.3 Å². The molecule has 1 aliphatic carbocycles. The van der Waals surface area contributed by atoms with Crippen LogP contribution in [0, 0.1) is 5.92 Å². The Morgan fingerprint density at radius 1 is 1.25 bits per heavy atom. The van der Waals surface area contributed by atoms with Gasteiger partial charge in [-0.05, 0) is 43.5 Å². The average molecular weight is 404 g/mol. The van der Waals surface area contributed by atoms with Gasteiger partial charge in [-0.1, -0.05) is 30.3 Å². The summed E-state index contributed by atoms with van der Waals surface area (Å²) in [5.41, 5.74) is 1.19. The van der Waals surface area contributed by atoms with Crippen LogP contribution in [0.2, 0.25) is 0 Å². The lowest BCUT2D eigenvalue weighted by molar-refractivity contribution is -0.147. The van der Waals surface area contributed by atoms with Crippen molar-refractivity contribution in [3.8, 4) is 0 Å². The molecule has 8 heteroatoms. The molecule has 3 rings (SSSR count). The van der Waals surface area contributed by atoms with Crippen LogP contribution in [0.25, 0.3) is 0 Å². The van der Waals surface area contributed by atoms with E-state index in [1.807, 2.05) is 30.3 Å². The van der Waals surface area contributed by atoms with Gasteiger partial charge in [0.1, 0.15) is 6.04 Å². The van der Waals surface area contributed by atoms with Crippen LogP contribution in [0.3, 0.4) is 0 Å². The Kier molecular flexibility index (Phi) is 6.97. The number of carbonyl (C=O) groups excluding carboxylic acids is 3. The topological polar surface area (TPSA) is 87.7 Å². The zero-order valence-electron chi connectivity index (χ0n) is 15.7. The SMILES string of the molecule is O=C(CC1C(=O)NCCN1C(=S)NC(=O)C1CC1)OCCCc1ccccc1. The largest absolute Gasteiger partial charge is 0.466 e. The van der Waals surface area contributed by atoms with Crippen molar-refractivity contribution in [2.45, 2.75) is 38.1 Å². The molecule has 1 heterocycles. The minimum Gasteiger partial charge on any atom is -0.466 e. The number of nitrogens with zero attached hydrogens (tertiary/aromatic N) is 1. The summed E-state index contributed by atoms with van der Waals surface area (Å²) in [7, 11) is 0. The predicted molar refractivity (Wildman–Crippen MR) is 107 cm³/mol. The van der Waals surface area contributed by atoms with Crippen molar-refractivity contribution in [1.29, 1.82) is 0 Å². The monoisotopic (exact) mass is 403 g/mol. The fourth-order valence-electron chi connectivity index (χ4n) is 3.11. The number of aryl methyl sites for hydroxylation is 1. The van der Waals surface area contributed by atoms with Crippen LogP contribution in [0.5, 0.6) is 0 Å². The first kappa shape index (κ1) is 20.3. The third-order valence-corrected chi connectivity index (χ3v) is 5.18. The summed E-state index contributed by atoms with van der Waals surface area (Å²) < 4.78 is 5.30. The van der Waals surface area contributed by atoms with Crippen molar-refractivity contribution in [2.24, 2.45) is 5.92 Å². The first-order valence-electron chi connectivity index (χ1n) is 9.63. The lowest BCUT2D eigenvalue weighted by Crippen LogP contribution is -2.60. The van der Waals surface area contributed by atoms with Gasteiger partial charge in [0, 0.05) is 19.0 Å². The number of amides is 2. The maximum absolute atomic E-state index is 12.3. The summed E-state index contributed by atoms with van der Waals surface area (Å²) in [5.74, 6) is -0.824. The highest BCUT2D eigenvalue weighted by molar-refractivity contribution is 7.80. The summed E-state index contributed by atoms with van der Waals surface area (Å²) in [5, 5.41) is 5.63. The second-order valence-corrected chi connectivity index (χ2v) is 7.47. The second kappa shape index (κ2) is 9.64. The third-order valence-electron chi connectivity index (χ3n) is 4.85. The Bertz CT molecular complexity index is 736. The van der Waals surface area contributed by atoms with Crippen molar-refractivity contribution in [2.75, 3.05) is 19.7 Å². The number of benzene rings is 1. The van der Waals surface area contributed by atoms with Gasteiger partial charge >= 0.3 is 5.97 Å². The number of esters is 1. The predicted octanol–water partition coefficient (Wildman–Crippen LogP) is 1.16. The van der Waals surface area contributed by atoms with E-state index in [-0.39, 0.29) is 29.3 Å². The molecule has 0 spiro atoms. The van der Waals surface area contributed by atoms with Gasteiger partial charge in [0.15, 0.2) is 5.11 Å². The molecule has 1 aromatic carbocycles. The summed E-state index contributed by atoms with van der Waals surface area (Å²) in [4.78, 5) is 38.0. The van der Waals surface area contributed by atoms with Crippen LogP contribution in [-0.4, -0.2) is 53.5 Å². The molecule has 0 radical (unpaired) electrons. The first-order chi connectivity index (χ1) is 13.5. The van der Waals surface area contributed by atoms with Crippen molar-refractivity contribution in [1.82, 2.24) is 15.5 Å². The first-order valence-corrected chi connectivity index (χ1v) is 10.0. The van der Waals surface area contributed by atoms with Gasteiger partial charge in [0.2, 0.25) is 11.8 Å². The molecular formula is C20H25N3O4S. The standard InChI is InChI=1S/C20H25N3O4S/c24-17(27-12-4-7-14-5-2-1-3-6-14)13-16-19(26)21-10-11-23(16)20(28)22-18(25)15-8-9-15/h1-3,5-6,15-16H,4,7-13H2,(H,21,26)(H,22,25,28). The summed E-state index contributed by atoms with van der Waals surface area (Å²) in [6.45, 7) is 1.16. The molecule has 28 heavy (non-hydrogen) atoms. The van der Waals surface area contributed by atoms with Gasteiger partial charge in [-0.25, -0.2) is 0 Å². The van der Waals surface area contributed by atoms with E-state index in [0.717, 1.165) is 19.3 Å². The molecule has 1 unspecified atom stereocenters. The van der Waals surface area contributed by atoms with Crippen LogP contribution in [0.4, 0.5) is 0 Å². The number of hydrogen-bond donors (Lipinski definition) is 2. The van der Waals surface area contributed by atoms with E-state index >= 15 is 0 Å². The number of carbonyl (C=O) groups is 3. The Balaban J connectivity index is 1.46. The van der Waals surface area contributed by atoms with E-state index in [4.69, 9.17) is 17.0 Å². The Hall–Kier alpha value is -2.48. The third kappa shape index (κ3) is 5.76. The van der Waals surface area contributed by atoms with E-state index in [9.17, 15) is 14.4 Å². The molecule has 2 aliphatic rings. The fraction of sp³-hybridized carbons (Fsp3) is 0.500. The van der Waals surface area contributed by atoms with Crippen LogP contribution in [0.15, 0.2) is 30.3 Å². The molecule has 1 aliphatic heterocycles. The molecule has 7 nitrogen and oxygen atoms in total. The normalized spacial score (nSPS) is 18.9. The highest BCUT2D eigenvalue weighted by atomic mass is 32.1. The van der Waals surface area contributed by atoms with E-state index in [2.05, 4.69) is 10.6 Å². The summed E-state index contributed by atoms with van der Waals surface area (Å²) in [6.07, 6.45) is 3.17. The van der Waals surface area contributed by atoms with Crippen molar-refractivity contribution >= 4 is 35.1 Å². The molecule has 1 saturated heterocycles. The molecule has 0 bridgehead atoms. The zero-order valence-corrected chi connectivity index (χ0v) is 16.5. The number of nitrogens with one attached hydrogen (secondary N) is 2. The summed E-state index contributed by atoms with van der Waals surface area (Å²) >= 11 is 5.30. The van der Waals surface area contributed by atoms with Crippen LogP contribution < -0.4 is 10.6 Å². The highest BCUT2D eigenvalue weighted by Gasteiger charge is 2.36. The maximum Gasteiger partial charge on any atom is 0.308 e. The minimum atomic E-state index is -0.762. The molecule has 2 fully saturated rings. The number of piperazine rings is 1. The molecular weight excluding hydrogens is 378 g/mol. The van der Waals surface area contributed by atoms with Gasteiger partial charge in [0.05, 0.1) is 13.0 Å². The smallest absolute Gasteiger partial charge is 0.308 e. The molecule has 1 saturated carbocycles. The Morgan fingerprint density at radius 3 is 2.71 bits per heavy atom. The lowest BCUT2D eigenvalue weighted by Gasteiger charge is -2.36. The molecule has 2 N–H and O–H groups in total. The molecule has 2 amide bonds. The average Bonchev–Trinajstić information content (AvgIpc) is 3.53. The van der Waals surface area contributed by atoms with E-state index in [0.29, 0.717) is 26.1 Å². The van der Waals surface area contributed by atoms with Crippen molar-refractivity contribution in [3.05, 3.63) is 35.9 Å². The van der Waals surface area contributed by atoms with Crippen LogP contribution in [-0.2, 0) is 25.5 Å².